The van der Waals surface area contributed by atoms with Crippen LogP contribution in [0.3, 0.4) is 0 Å². The van der Waals surface area contributed by atoms with Crippen LogP contribution in [0.25, 0.3) is 0 Å². The number of aromatic nitrogens is 1. The largest absolute Gasteiger partial charge is 0.354 e. The number of anilines is 1. The highest BCUT2D eigenvalue weighted by Crippen LogP contribution is 2.19. The Labute approximate surface area is 106 Å². The van der Waals surface area contributed by atoms with E-state index < -0.39 is 0 Å². The number of likely N-dealkylation sites (N-methyl/N-ethyl adjacent to an activating group) is 1. The van der Waals surface area contributed by atoms with Crippen molar-refractivity contribution in [1.82, 2.24) is 9.88 Å². The minimum atomic E-state index is 0.294. The van der Waals surface area contributed by atoms with E-state index in [-0.39, 0.29) is 0 Å². The third-order valence-corrected chi connectivity index (χ3v) is 3.39. The third-order valence-electron chi connectivity index (χ3n) is 3.10. The molecule has 0 aliphatic carbocycles. The maximum Gasteiger partial charge on any atom is 0.149 e. The van der Waals surface area contributed by atoms with Crippen molar-refractivity contribution in [2.45, 2.75) is 6.92 Å². The molecule has 1 aliphatic rings. The SMILES string of the molecule is CCN1CCN(c2ccc(C#N)c(Cl)n2)CC1. The molecule has 1 aromatic heterocycles. The molecule has 0 amide bonds. The summed E-state index contributed by atoms with van der Waals surface area (Å²) in [5, 5.41) is 9.09. The van der Waals surface area contributed by atoms with Gasteiger partial charge >= 0.3 is 0 Å². The molecule has 0 aromatic carbocycles. The van der Waals surface area contributed by atoms with Gasteiger partial charge in [0, 0.05) is 26.2 Å². The van der Waals surface area contributed by atoms with Gasteiger partial charge in [-0.05, 0) is 18.7 Å². The summed E-state index contributed by atoms with van der Waals surface area (Å²) in [7, 11) is 0. The normalized spacial score (nSPS) is 16.9. The van der Waals surface area contributed by atoms with Gasteiger partial charge in [-0.1, -0.05) is 18.5 Å². The maximum atomic E-state index is 8.79. The van der Waals surface area contributed by atoms with E-state index in [1.807, 2.05) is 12.1 Å². The first-order chi connectivity index (χ1) is 8.24. The number of hydrogen-bond acceptors (Lipinski definition) is 4. The van der Waals surface area contributed by atoms with Gasteiger partial charge in [-0.25, -0.2) is 4.98 Å². The van der Waals surface area contributed by atoms with Crippen LogP contribution >= 0.6 is 11.6 Å². The summed E-state index contributed by atoms with van der Waals surface area (Å²) >= 11 is 5.93. The first kappa shape index (κ1) is 12.2. The van der Waals surface area contributed by atoms with Gasteiger partial charge in [-0.2, -0.15) is 5.26 Å². The Morgan fingerprint density at radius 2 is 2.06 bits per heavy atom. The first-order valence-electron chi connectivity index (χ1n) is 5.78. The number of hydrogen-bond donors (Lipinski definition) is 0. The Balaban J connectivity index is 2.09. The Morgan fingerprint density at radius 1 is 1.35 bits per heavy atom. The average Bonchev–Trinajstić information content (AvgIpc) is 2.39. The summed E-state index contributed by atoms with van der Waals surface area (Å²) < 4.78 is 0. The fourth-order valence-electron chi connectivity index (χ4n) is 1.98. The Morgan fingerprint density at radius 3 is 2.59 bits per heavy atom. The molecule has 0 unspecified atom stereocenters. The molecule has 90 valence electrons. The van der Waals surface area contributed by atoms with Gasteiger partial charge in [0.25, 0.3) is 0 Å². The van der Waals surface area contributed by atoms with Gasteiger partial charge in [0.2, 0.25) is 0 Å². The molecule has 0 radical (unpaired) electrons. The van der Waals surface area contributed by atoms with Crippen molar-refractivity contribution < 1.29 is 0 Å². The van der Waals surface area contributed by atoms with E-state index >= 15 is 0 Å². The molecule has 2 rings (SSSR count). The van der Waals surface area contributed by atoms with Crippen LogP contribution in [0, 0.1) is 11.3 Å². The zero-order valence-corrected chi connectivity index (χ0v) is 10.6. The summed E-state index contributed by atoms with van der Waals surface area (Å²) in [6, 6.07) is 5.62. The van der Waals surface area contributed by atoms with Gasteiger partial charge in [-0.15, -0.1) is 0 Å². The first-order valence-corrected chi connectivity index (χ1v) is 6.16. The highest BCUT2D eigenvalue weighted by Gasteiger charge is 2.17. The smallest absolute Gasteiger partial charge is 0.149 e. The summed E-state index contributed by atoms with van der Waals surface area (Å²) in [5.74, 6) is 0.866. The van der Waals surface area contributed by atoms with Crippen molar-refractivity contribution in [3.05, 3.63) is 22.8 Å². The Bertz CT molecular complexity index is 433. The minimum absolute atomic E-state index is 0.294. The van der Waals surface area contributed by atoms with Gasteiger partial charge in [0.15, 0.2) is 0 Å². The molecule has 17 heavy (non-hydrogen) atoms. The molecule has 0 bridgehead atoms. The van der Waals surface area contributed by atoms with Crippen LogP contribution in [0.1, 0.15) is 12.5 Å². The van der Waals surface area contributed by atoms with Crippen LogP contribution in [-0.2, 0) is 0 Å². The van der Waals surface area contributed by atoms with Crippen LogP contribution < -0.4 is 4.90 Å². The average molecular weight is 251 g/mol. The highest BCUT2D eigenvalue weighted by molar-refractivity contribution is 6.30. The lowest BCUT2D eigenvalue weighted by atomic mass is 10.2. The van der Waals surface area contributed by atoms with E-state index in [2.05, 4.69) is 21.7 Å². The molecule has 2 heterocycles. The standard InChI is InChI=1S/C12H15ClN4/c1-2-16-5-7-17(8-6-16)11-4-3-10(9-14)12(13)15-11/h3-4H,2,5-8H2,1H3. The molecule has 1 aromatic rings. The van der Waals surface area contributed by atoms with E-state index in [0.29, 0.717) is 10.7 Å². The summed E-state index contributed by atoms with van der Waals surface area (Å²) in [4.78, 5) is 8.88. The molecule has 0 N–H and O–H groups in total. The second-order valence-electron chi connectivity index (χ2n) is 4.04. The maximum absolute atomic E-state index is 8.79. The van der Waals surface area contributed by atoms with Crippen molar-refractivity contribution >= 4 is 17.4 Å². The van der Waals surface area contributed by atoms with E-state index in [0.717, 1.165) is 38.5 Å². The molecule has 1 saturated heterocycles. The molecule has 5 heteroatoms. The summed E-state index contributed by atoms with van der Waals surface area (Å²) in [6.07, 6.45) is 0. The van der Waals surface area contributed by atoms with Crippen molar-refractivity contribution in [3.8, 4) is 6.07 Å². The predicted molar refractivity (Wildman–Crippen MR) is 68.3 cm³/mol. The van der Waals surface area contributed by atoms with Gasteiger partial charge in [-0.3, -0.25) is 0 Å². The Kier molecular flexibility index (Phi) is 3.82. The number of piperazine rings is 1. The molecule has 1 fully saturated rings. The van der Waals surface area contributed by atoms with Crippen molar-refractivity contribution in [2.75, 3.05) is 37.6 Å². The minimum Gasteiger partial charge on any atom is -0.354 e. The summed E-state index contributed by atoms with van der Waals surface area (Å²) in [6.45, 7) is 7.29. The van der Waals surface area contributed by atoms with Gasteiger partial charge in [0.1, 0.15) is 17.0 Å². The lowest BCUT2D eigenvalue weighted by molar-refractivity contribution is 0.270. The molecule has 0 spiro atoms. The third kappa shape index (κ3) is 2.68. The topological polar surface area (TPSA) is 43.2 Å². The number of rotatable bonds is 2. The number of pyridine rings is 1. The quantitative estimate of drug-likeness (QED) is 0.750. The van der Waals surface area contributed by atoms with Crippen LogP contribution in [0.5, 0.6) is 0 Å². The predicted octanol–water partition coefficient (Wildman–Crippen LogP) is 1.75. The molecule has 0 saturated carbocycles. The van der Waals surface area contributed by atoms with E-state index in [9.17, 15) is 0 Å². The van der Waals surface area contributed by atoms with Gasteiger partial charge < -0.3 is 9.80 Å². The zero-order chi connectivity index (χ0) is 12.3. The second kappa shape index (κ2) is 5.35. The number of nitriles is 1. The fourth-order valence-corrected chi connectivity index (χ4v) is 2.17. The van der Waals surface area contributed by atoms with E-state index in [1.165, 1.54) is 0 Å². The second-order valence-corrected chi connectivity index (χ2v) is 4.40. The highest BCUT2D eigenvalue weighted by atomic mass is 35.5. The monoisotopic (exact) mass is 250 g/mol. The Hall–Kier alpha value is -1.31. The summed E-state index contributed by atoms with van der Waals surface area (Å²) in [5.41, 5.74) is 0.433. The number of halogens is 1. The van der Waals surface area contributed by atoms with Crippen molar-refractivity contribution in [1.29, 1.82) is 5.26 Å². The lowest BCUT2D eigenvalue weighted by Gasteiger charge is -2.34. The molecule has 1 aliphatic heterocycles. The van der Waals surface area contributed by atoms with Gasteiger partial charge in [0.05, 0.1) is 5.56 Å². The van der Waals surface area contributed by atoms with Crippen LogP contribution in [0.15, 0.2) is 12.1 Å². The fraction of sp³-hybridized carbons (Fsp3) is 0.500. The van der Waals surface area contributed by atoms with E-state index in [1.54, 1.807) is 6.07 Å². The van der Waals surface area contributed by atoms with Crippen LogP contribution in [-0.4, -0.2) is 42.6 Å². The molecular weight excluding hydrogens is 236 g/mol. The number of nitrogens with zero attached hydrogens (tertiary/aromatic N) is 4. The zero-order valence-electron chi connectivity index (χ0n) is 9.86. The van der Waals surface area contributed by atoms with E-state index in [4.69, 9.17) is 16.9 Å². The van der Waals surface area contributed by atoms with Crippen molar-refractivity contribution in [3.63, 3.8) is 0 Å². The lowest BCUT2D eigenvalue weighted by Crippen LogP contribution is -2.46. The van der Waals surface area contributed by atoms with Crippen molar-refractivity contribution in [2.24, 2.45) is 0 Å². The molecule has 4 nitrogen and oxygen atoms in total. The van der Waals surface area contributed by atoms with Crippen LogP contribution in [0.2, 0.25) is 5.15 Å². The molecular formula is C12H15ClN4. The molecule has 0 atom stereocenters. The van der Waals surface area contributed by atoms with Crippen LogP contribution in [0.4, 0.5) is 5.82 Å².